The van der Waals surface area contributed by atoms with E-state index in [-0.39, 0.29) is 52.2 Å². The van der Waals surface area contributed by atoms with E-state index in [0.717, 1.165) is 31.2 Å². The summed E-state index contributed by atoms with van der Waals surface area (Å²) in [6.45, 7) is 1.10. The Morgan fingerprint density at radius 3 is 2.79 bits per heavy atom. The van der Waals surface area contributed by atoms with Crippen molar-refractivity contribution in [1.29, 1.82) is 0 Å². The quantitative estimate of drug-likeness (QED) is 0.502. The van der Waals surface area contributed by atoms with Crippen LogP contribution in [0.25, 0.3) is 0 Å². The first kappa shape index (κ1) is 24.7. The van der Waals surface area contributed by atoms with Gasteiger partial charge in [0.15, 0.2) is 11.4 Å². The molecule has 6 rings (SSSR count). The summed E-state index contributed by atoms with van der Waals surface area (Å²) in [4.78, 5) is 42.6. The fraction of sp³-hybridized carbons (Fsp3) is 0.345. The van der Waals surface area contributed by atoms with Crippen LogP contribution >= 0.6 is 11.6 Å². The molecule has 3 aromatic rings. The maximum atomic E-state index is 14.4. The molecule has 1 spiro atoms. The van der Waals surface area contributed by atoms with Gasteiger partial charge in [-0.1, -0.05) is 60.5 Å². The second-order valence-corrected chi connectivity index (χ2v) is 10.9. The van der Waals surface area contributed by atoms with Gasteiger partial charge in [-0.05, 0) is 36.8 Å². The molecule has 3 heterocycles. The molecule has 2 amide bonds. The normalized spacial score (nSPS) is 21.6. The monoisotopic (exact) mass is 535 g/mol. The number of nitrogens with one attached hydrogen (secondary N) is 1. The number of carbonyl (C=O) groups is 2. The van der Waals surface area contributed by atoms with Gasteiger partial charge >= 0.3 is 0 Å². The first-order valence-electron chi connectivity index (χ1n) is 12.8. The molecule has 2 bridgehead atoms. The molecule has 0 unspecified atom stereocenters. The molecule has 9 heteroatoms. The number of nitrogens with zero attached hydrogens (tertiary/aromatic N) is 2. The summed E-state index contributed by atoms with van der Waals surface area (Å²) in [6, 6.07) is 13.8. The van der Waals surface area contributed by atoms with Gasteiger partial charge in [-0.2, -0.15) is 0 Å². The Bertz CT molecular complexity index is 1490. The van der Waals surface area contributed by atoms with Crippen LogP contribution in [0.15, 0.2) is 59.5 Å². The third-order valence-electron chi connectivity index (χ3n) is 8.03. The van der Waals surface area contributed by atoms with Crippen molar-refractivity contribution in [3.05, 3.63) is 98.2 Å². The Morgan fingerprint density at radius 1 is 1.16 bits per heavy atom. The fourth-order valence-electron chi connectivity index (χ4n) is 6.25. The summed E-state index contributed by atoms with van der Waals surface area (Å²) < 4.78 is 22.1. The molecule has 2 fully saturated rings. The van der Waals surface area contributed by atoms with Gasteiger partial charge in [-0.15, -0.1) is 0 Å². The van der Waals surface area contributed by atoms with E-state index in [2.05, 4.69) is 5.32 Å². The zero-order chi connectivity index (χ0) is 26.4. The van der Waals surface area contributed by atoms with Crippen LogP contribution in [0.3, 0.4) is 0 Å². The van der Waals surface area contributed by atoms with E-state index < -0.39 is 17.2 Å². The standard InChI is InChI=1S/C29H27ClFN3O4/c30-22-10-4-9-20(23(22)31)13-32-27(36)21-15-33-17-29-11-5-8-19(12-29)14-34(29)28(37)24(33)26(25(21)35)38-16-18-6-2-1-3-7-18/h1-4,6-7,9-10,15,19H,5,8,11-14,16-17H2,(H,32,36)/t19-,29+/m0/s1. The second kappa shape index (κ2) is 9.58. The number of halogens is 2. The minimum Gasteiger partial charge on any atom is -0.483 e. The lowest BCUT2D eigenvalue weighted by atomic mass is 9.79. The zero-order valence-corrected chi connectivity index (χ0v) is 21.5. The first-order valence-corrected chi connectivity index (χ1v) is 13.2. The van der Waals surface area contributed by atoms with E-state index >= 15 is 0 Å². The van der Waals surface area contributed by atoms with Crippen LogP contribution in [0.4, 0.5) is 4.39 Å². The Morgan fingerprint density at radius 2 is 1.97 bits per heavy atom. The van der Waals surface area contributed by atoms with E-state index in [4.69, 9.17) is 16.3 Å². The maximum absolute atomic E-state index is 14.4. The Hall–Kier alpha value is -3.65. The summed E-state index contributed by atoms with van der Waals surface area (Å²) in [5.41, 5.74) is 0.0877. The lowest BCUT2D eigenvalue weighted by Gasteiger charge is -2.44. The number of ether oxygens (including phenoxy) is 1. The molecule has 2 atom stereocenters. The van der Waals surface area contributed by atoms with Gasteiger partial charge in [0.05, 0.1) is 10.6 Å². The number of fused-ring (bicyclic) bond motifs is 2. The molecule has 1 N–H and O–H groups in total. The number of hydrogen-bond donors (Lipinski definition) is 1. The predicted octanol–water partition coefficient (Wildman–Crippen LogP) is 4.55. The second-order valence-electron chi connectivity index (χ2n) is 10.4. The van der Waals surface area contributed by atoms with Crippen molar-refractivity contribution in [3.63, 3.8) is 0 Å². The zero-order valence-electron chi connectivity index (χ0n) is 20.7. The van der Waals surface area contributed by atoms with E-state index in [1.165, 1.54) is 18.3 Å². The van der Waals surface area contributed by atoms with Gasteiger partial charge < -0.3 is 19.5 Å². The number of amides is 2. The Balaban J connectivity index is 1.38. The van der Waals surface area contributed by atoms with Gasteiger partial charge in [-0.3, -0.25) is 14.4 Å². The topological polar surface area (TPSA) is 80.6 Å². The van der Waals surface area contributed by atoms with Crippen molar-refractivity contribution in [2.45, 2.75) is 50.9 Å². The molecule has 1 aliphatic carbocycles. The van der Waals surface area contributed by atoms with Crippen LogP contribution < -0.4 is 15.5 Å². The summed E-state index contributed by atoms with van der Waals surface area (Å²) in [5, 5.41) is 2.58. The summed E-state index contributed by atoms with van der Waals surface area (Å²) in [5.74, 6) is -1.21. The average molecular weight is 536 g/mol. The number of benzene rings is 2. The number of hydrogen-bond acceptors (Lipinski definition) is 4. The molecule has 1 aromatic heterocycles. The van der Waals surface area contributed by atoms with Gasteiger partial charge in [0.25, 0.3) is 11.8 Å². The molecule has 3 aliphatic rings. The van der Waals surface area contributed by atoms with Crippen molar-refractivity contribution >= 4 is 23.4 Å². The Labute approximate surface area is 224 Å². The highest BCUT2D eigenvalue weighted by Crippen LogP contribution is 2.48. The molecule has 38 heavy (non-hydrogen) atoms. The molecule has 2 aromatic carbocycles. The van der Waals surface area contributed by atoms with Crippen LogP contribution in [0.2, 0.25) is 5.02 Å². The minimum absolute atomic E-state index is 0.0492. The van der Waals surface area contributed by atoms with E-state index in [1.807, 2.05) is 35.2 Å². The highest BCUT2D eigenvalue weighted by Gasteiger charge is 2.54. The molecular weight excluding hydrogens is 509 g/mol. The third kappa shape index (κ3) is 4.17. The van der Waals surface area contributed by atoms with Crippen LogP contribution in [0.1, 0.15) is 57.7 Å². The van der Waals surface area contributed by atoms with Crippen molar-refractivity contribution < 1.29 is 18.7 Å². The van der Waals surface area contributed by atoms with Crippen molar-refractivity contribution in [2.24, 2.45) is 5.92 Å². The van der Waals surface area contributed by atoms with E-state index in [1.54, 1.807) is 10.6 Å². The number of aromatic nitrogens is 1. The molecule has 0 radical (unpaired) electrons. The average Bonchev–Trinajstić information content (AvgIpc) is 3.18. The number of pyridine rings is 1. The number of rotatable bonds is 6. The fourth-order valence-corrected chi connectivity index (χ4v) is 6.45. The van der Waals surface area contributed by atoms with Crippen molar-refractivity contribution in [2.75, 3.05) is 6.54 Å². The van der Waals surface area contributed by atoms with E-state index in [0.29, 0.717) is 19.0 Å². The van der Waals surface area contributed by atoms with Gasteiger partial charge in [-0.25, -0.2) is 4.39 Å². The molecule has 1 saturated carbocycles. The molecule has 7 nitrogen and oxygen atoms in total. The molecule has 2 aliphatic heterocycles. The summed E-state index contributed by atoms with van der Waals surface area (Å²) in [7, 11) is 0. The van der Waals surface area contributed by atoms with E-state index in [9.17, 15) is 18.8 Å². The van der Waals surface area contributed by atoms with Gasteiger partial charge in [0, 0.05) is 31.4 Å². The highest BCUT2D eigenvalue weighted by atomic mass is 35.5. The Kier molecular flexibility index (Phi) is 6.22. The first-order chi connectivity index (χ1) is 18.4. The SMILES string of the molecule is O=C(NCc1cccc(Cl)c1F)c1cn2c(c(OCc3ccccc3)c1=O)C(=O)N1C[C@H]3CCC[C@@]1(C3)C2. The summed E-state index contributed by atoms with van der Waals surface area (Å²) >= 11 is 5.86. The van der Waals surface area contributed by atoms with Crippen LogP contribution in [0.5, 0.6) is 5.75 Å². The predicted molar refractivity (Wildman–Crippen MR) is 140 cm³/mol. The highest BCUT2D eigenvalue weighted by molar-refractivity contribution is 6.30. The van der Waals surface area contributed by atoms with Crippen LogP contribution in [-0.2, 0) is 19.7 Å². The molecule has 196 valence electrons. The van der Waals surface area contributed by atoms with Crippen LogP contribution in [-0.4, -0.2) is 33.4 Å². The maximum Gasteiger partial charge on any atom is 0.275 e. The molecule has 1 saturated heterocycles. The smallest absolute Gasteiger partial charge is 0.275 e. The lowest BCUT2D eigenvalue weighted by molar-refractivity contribution is 0.0416. The van der Waals surface area contributed by atoms with Gasteiger partial charge in [0.1, 0.15) is 18.0 Å². The summed E-state index contributed by atoms with van der Waals surface area (Å²) in [6.07, 6.45) is 5.39. The van der Waals surface area contributed by atoms with Gasteiger partial charge in [0.2, 0.25) is 5.43 Å². The third-order valence-corrected chi connectivity index (χ3v) is 8.32. The van der Waals surface area contributed by atoms with Crippen molar-refractivity contribution in [1.82, 2.24) is 14.8 Å². The lowest BCUT2D eigenvalue weighted by Crippen LogP contribution is -2.55. The largest absolute Gasteiger partial charge is 0.483 e. The number of carbonyl (C=O) groups excluding carboxylic acids is 2. The van der Waals surface area contributed by atoms with Crippen molar-refractivity contribution in [3.8, 4) is 5.75 Å². The minimum atomic E-state index is -0.672. The van der Waals surface area contributed by atoms with Crippen LogP contribution in [0, 0.1) is 11.7 Å². The molecular formula is C29H27ClFN3O4.